The molecule has 24 heteroatoms. The fraction of sp³-hybridized carbons (Fsp3) is 0.314. The minimum atomic E-state index is -0.0430. The van der Waals surface area contributed by atoms with Crippen molar-refractivity contribution in [2.75, 3.05) is 106 Å². The van der Waals surface area contributed by atoms with E-state index in [0.717, 1.165) is 121 Å². The van der Waals surface area contributed by atoms with Crippen LogP contribution in [-0.4, -0.2) is 164 Å². The standard InChI is InChI=1S/C70H70N8O12S4/c1-43-3-20-53(91-43)56-66-67(74-64(52-18-10-48(11-19-52)42-90-38-34-86-30-26-82)63(73-66)51-16-8-47(9-17-51)41-89-37-33-85-29-25-81)58(70-69(56)77-94-78-70)55-22-21-54(92-55)57-65-59(44(2)60-68(57)76-93-75-60)71-61(49-12-4-45(5-13-49)39-87-35-31-83-27-23-79)62(72-65)50-14-6-46(7-15-50)40-88-36-32-84-28-24-80/h3-22,79-82H,23-42H2,1-2H3. The maximum Gasteiger partial charge on any atom is 0.116 e. The molecule has 0 atom stereocenters. The summed E-state index contributed by atoms with van der Waals surface area (Å²) in [6.45, 7) is 9.62. The largest absolute Gasteiger partial charge is 0.394 e. The second kappa shape index (κ2) is 32.8. The van der Waals surface area contributed by atoms with E-state index in [2.05, 4.69) is 55.5 Å². The summed E-state index contributed by atoms with van der Waals surface area (Å²) in [5, 5.41) is 36.5. The fourth-order valence-corrected chi connectivity index (χ4v) is 14.0. The number of benzene rings is 6. The van der Waals surface area contributed by atoms with Gasteiger partial charge in [-0.15, -0.1) is 22.7 Å². The first-order chi connectivity index (χ1) is 46.3. The van der Waals surface area contributed by atoms with Crippen molar-refractivity contribution in [1.82, 2.24) is 37.4 Å². The van der Waals surface area contributed by atoms with Gasteiger partial charge >= 0.3 is 0 Å². The molecule has 0 amide bonds. The quantitative estimate of drug-likeness (QED) is 0.0269. The van der Waals surface area contributed by atoms with Crippen LogP contribution in [0.25, 0.3) is 120 Å². The maximum atomic E-state index is 9.16. The molecule has 0 saturated carbocycles. The summed E-state index contributed by atoms with van der Waals surface area (Å²) in [5.41, 5.74) is 18.9. The highest BCUT2D eigenvalue weighted by Crippen LogP contribution is 2.50. The highest BCUT2D eigenvalue weighted by Gasteiger charge is 2.29. The number of aliphatic hydroxyl groups excluding tert-OH is 4. The van der Waals surface area contributed by atoms with Crippen molar-refractivity contribution in [1.29, 1.82) is 0 Å². The van der Waals surface area contributed by atoms with Crippen molar-refractivity contribution in [3.63, 3.8) is 0 Å². The lowest BCUT2D eigenvalue weighted by molar-refractivity contribution is 0.0274. The number of rotatable bonds is 35. The molecular formula is C70H70N8O12S4. The molecule has 94 heavy (non-hydrogen) atoms. The van der Waals surface area contributed by atoms with Crippen molar-refractivity contribution in [3.8, 4) is 76.4 Å². The van der Waals surface area contributed by atoms with Crippen molar-refractivity contribution in [2.45, 2.75) is 40.3 Å². The minimum Gasteiger partial charge on any atom is -0.394 e. The van der Waals surface area contributed by atoms with Crippen LogP contribution in [0, 0.1) is 13.8 Å². The van der Waals surface area contributed by atoms with Crippen LogP contribution in [0.1, 0.15) is 32.7 Å². The first-order valence-electron chi connectivity index (χ1n) is 30.9. The van der Waals surface area contributed by atoms with Gasteiger partial charge in [-0.1, -0.05) is 97.1 Å². The number of hydrogen-bond acceptors (Lipinski definition) is 24. The van der Waals surface area contributed by atoms with E-state index in [-0.39, 0.29) is 52.9 Å². The Balaban J connectivity index is 0.991. The van der Waals surface area contributed by atoms with Gasteiger partial charge < -0.3 is 58.3 Å². The van der Waals surface area contributed by atoms with Crippen molar-refractivity contribution >= 4 is 90.3 Å². The number of fused-ring (bicyclic) bond motifs is 4. The van der Waals surface area contributed by atoms with Crippen LogP contribution < -0.4 is 0 Å². The van der Waals surface area contributed by atoms with Gasteiger partial charge in [0.15, 0.2) is 0 Å². The van der Waals surface area contributed by atoms with Gasteiger partial charge in [0.2, 0.25) is 0 Å². The van der Waals surface area contributed by atoms with Gasteiger partial charge in [-0.2, -0.15) is 17.5 Å². The Bertz CT molecular complexity index is 4450. The van der Waals surface area contributed by atoms with E-state index in [9.17, 15) is 0 Å². The molecule has 0 spiro atoms. The number of aryl methyl sites for hydroxylation is 2. The maximum absolute atomic E-state index is 9.16. The molecule has 4 N–H and O–H groups in total. The Morgan fingerprint density at radius 1 is 0.287 bits per heavy atom. The normalized spacial score (nSPS) is 11.9. The van der Waals surface area contributed by atoms with Gasteiger partial charge in [-0.3, -0.25) is 0 Å². The van der Waals surface area contributed by atoms with Gasteiger partial charge in [0, 0.05) is 64.0 Å². The Morgan fingerprint density at radius 2 is 0.564 bits per heavy atom. The van der Waals surface area contributed by atoms with Crippen LogP contribution in [0.5, 0.6) is 0 Å². The molecule has 0 saturated heterocycles. The number of hydrogen-bond donors (Lipinski definition) is 4. The van der Waals surface area contributed by atoms with Crippen LogP contribution >= 0.6 is 46.1 Å². The highest BCUT2D eigenvalue weighted by atomic mass is 32.1. The molecule has 0 aliphatic rings. The summed E-state index contributed by atoms with van der Waals surface area (Å²) >= 11 is 5.57. The molecule has 6 aromatic heterocycles. The third-order valence-electron chi connectivity index (χ3n) is 15.4. The number of nitrogens with zero attached hydrogens (tertiary/aromatic N) is 8. The second-order valence-electron chi connectivity index (χ2n) is 21.8. The Labute approximate surface area is 559 Å². The zero-order chi connectivity index (χ0) is 64.6. The average molecular weight is 1340 g/mol. The van der Waals surface area contributed by atoms with E-state index in [1.54, 1.807) is 22.7 Å². The molecule has 20 nitrogen and oxygen atoms in total. The fourth-order valence-electron chi connectivity index (χ4n) is 10.8. The smallest absolute Gasteiger partial charge is 0.116 e. The molecule has 12 aromatic rings. The molecule has 6 heterocycles. The van der Waals surface area contributed by atoms with E-state index in [0.29, 0.717) is 135 Å². The van der Waals surface area contributed by atoms with E-state index >= 15 is 0 Å². The third kappa shape index (κ3) is 15.6. The van der Waals surface area contributed by atoms with Crippen LogP contribution in [0.15, 0.2) is 121 Å². The van der Waals surface area contributed by atoms with Gasteiger partial charge in [-0.25, -0.2) is 19.9 Å². The summed E-state index contributed by atoms with van der Waals surface area (Å²) in [4.78, 5) is 26.7. The lowest BCUT2D eigenvalue weighted by Crippen LogP contribution is -2.07. The molecule has 0 bridgehead atoms. The minimum absolute atomic E-state index is 0.0375. The molecule has 0 fully saturated rings. The number of thiophene rings is 2. The number of aliphatic hydroxyl groups is 4. The molecule has 0 aliphatic carbocycles. The van der Waals surface area contributed by atoms with Gasteiger partial charge in [0.25, 0.3) is 0 Å². The molecule has 0 aliphatic heterocycles. The van der Waals surface area contributed by atoms with Crippen LogP contribution in [-0.2, 0) is 64.3 Å². The lowest BCUT2D eigenvalue weighted by Gasteiger charge is -2.16. The first-order valence-corrected chi connectivity index (χ1v) is 34.0. The molecular weight excluding hydrogens is 1270 g/mol. The Morgan fingerprint density at radius 3 is 0.883 bits per heavy atom. The summed E-state index contributed by atoms with van der Waals surface area (Å²) < 4.78 is 65.4. The Kier molecular flexibility index (Phi) is 23.2. The van der Waals surface area contributed by atoms with Gasteiger partial charge in [0.05, 0.1) is 184 Å². The van der Waals surface area contributed by atoms with Gasteiger partial charge in [-0.05, 0) is 60.4 Å². The van der Waals surface area contributed by atoms with Crippen LogP contribution in [0.3, 0.4) is 0 Å². The van der Waals surface area contributed by atoms with E-state index < -0.39 is 0 Å². The predicted octanol–water partition coefficient (Wildman–Crippen LogP) is 12.1. The van der Waals surface area contributed by atoms with Crippen LogP contribution in [0.2, 0.25) is 0 Å². The monoisotopic (exact) mass is 1340 g/mol. The van der Waals surface area contributed by atoms with E-state index in [1.807, 2.05) is 79.7 Å². The second-order valence-corrected chi connectivity index (χ2v) is 25.3. The van der Waals surface area contributed by atoms with Crippen molar-refractivity contribution in [3.05, 3.63) is 154 Å². The zero-order valence-corrected chi connectivity index (χ0v) is 55.2. The molecule has 486 valence electrons. The first kappa shape index (κ1) is 66.6. The average Bonchev–Trinajstić information content (AvgIpc) is 1.28. The lowest BCUT2D eigenvalue weighted by atomic mass is 9.98. The SMILES string of the molecule is Cc1ccc(-c2c3nsnc3c(-c3ccc(-c4c5nsnc5c(C)c5nc(-c6ccc(COCCOCCO)cc6)c(-c6ccc(COCCOCCO)cc6)nc45)s3)c3nc(-c4ccc(COCCOCCO)cc4)c(-c4ccc(COCCOCCO)cc4)nc23)s1. The molecule has 0 radical (unpaired) electrons. The highest BCUT2D eigenvalue weighted by molar-refractivity contribution is 7.19. The Hall–Kier alpha value is -7.44. The molecule has 12 rings (SSSR count). The third-order valence-corrected chi connectivity index (χ3v) is 18.6. The predicted molar refractivity (Wildman–Crippen MR) is 368 cm³/mol. The summed E-state index contributed by atoms with van der Waals surface area (Å²) in [5.74, 6) is 0. The van der Waals surface area contributed by atoms with E-state index in [4.69, 9.17) is 95.8 Å². The number of aromatic nitrogens is 8. The summed E-state index contributed by atoms with van der Waals surface area (Å²) in [6, 6.07) is 41.2. The zero-order valence-electron chi connectivity index (χ0n) is 52.0. The topological polar surface area (TPSA) is 258 Å². The van der Waals surface area contributed by atoms with E-state index in [1.165, 1.54) is 0 Å². The van der Waals surface area contributed by atoms with Crippen molar-refractivity contribution < 1.29 is 58.3 Å². The molecule has 0 unspecified atom stereocenters. The van der Waals surface area contributed by atoms with Crippen LogP contribution in [0.4, 0.5) is 0 Å². The van der Waals surface area contributed by atoms with Crippen molar-refractivity contribution in [2.24, 2.45) is 0 Å². The number of ether oxygens (including phenoxy) is 8. The summed E-state index contributed by atoms with van der Waals surface area (Å²) in [6.07, 6.45) is 0. The van der Waals surface area contributed by atoms with Gasteiger partial charge in [0.1, 0.15) is 38.6 Å². The summed E-state index contributed by atoms with van der Waals surface area (Å²) in [7, 11) is 0. The molecule has 6 aromatic carbocycles.